The molecule has 1 aliphatic rings. The van der Waals surface area contributed by atoms with Gasteiger partial charge in [-0.2, -0.15) is 0 Å². The highest BCUT2D eigenvalue weighted by Gasteiger charge is 2.42. The van der Waals surface area contributed by atoms with Crippen molar-refractivity contribution in [2.24, 2.45) is 0 Å². The topological polar surface area (TPSA) is 70.4 Å². The molecule has 5 rings (SSSR count). The lowest BCUT2D eigenvalue weighted by Gasteiger charge is -2.28. The van der Waals surface area contributed by atoms with Crippen LogP contribution in [0.3, 0.4) is 0 Å². The number of pyridine rings is 1. The van der Waals surface area contributed by atoms with E-state index in [9.17, 15) is 9.90 Å². The quantitative estimate of drug-likeness (QED) is 0.357. The number of anilines is 1. The Kier molecular flexibility index (Phi) is 5.86. The van der Waals surface area contributed by atoms with E-state index in [1.165, 1.54) is 0 Å². The highest BCUT2D eigenvalue weighted by molar-refractivity contribution is 7.80. The van der Waals surface area contributed by atoms with Crippen LogP contribution in [0, 0.1) is 20.8 Å². The zero-order valence-electron chi connectivity index (χ0n) is 19.8. The molecule has 0 bridgehead atoms. The van der Waals surface area contributed by atoms with Crippen molar-refractivity contribution in [3.63, 3.8) is 0 Å². The van der Waals surface area contributed by atoms with Crippen LogP contribution in [0.1, 0.15) is 50.7 Å². The number of thiocarbonyl (C=S) groups is 1. The van der Waals surface area contributed by atoms with Crippen LogP contribution >= 0.6 is 12.2 Å². The second-order valence-corrected chi connectivity index (χ2v) is 9.19. The van der Waals surface area contributed by atoms with E-state index in [1.54, 1.807) is 18.3 Å². The number of hydrogen-bond donors (Lipinski definition) is 2. The molecule has 0 aliphatic carbocycles. The Balaban J connectivity index is 1.70. The monoisotopic (exact) mass is 482 g/mol. The molecule has 0 amide bonds. The minimum Gasteiger partial charge on any atom is -0.478 e. The molecule has 4 aromatic rings. The summed E-state index contributed by atoms with van der Waals surface area (Å²) in [5.74, 6) is -0.940. The number of carboxylic acids is 1. The van der Waals surface area contributed by atoms with Gasteiger partial charge < -0.3 is 19.9 Å². The van der Waals surface area contributed by atoms with Crippen LogP contribution in [0.2, 0.25) is 0 Å². The standard InChI is InChI=1S/C28H26N4O2S/c1-17-12-13-20(27(33)34)16-24(17)31-18(2)15-22(19(31)3)26-25(23-11-7-8-14-29-23)30-28(35)32(26)21-9-5-4-6-10-21/h4-16,25-26H,1-3H3,(H,30,35)(H,33,34)/t25-,26+/m0/s1. The average Bonchev–Trinajstić information content (AvgIpc) is 3.35. The molecular formula is C28H26N4O2S. The van der Waals surface area contributed by atoms with Crippen molar-refractivity contribution < 1.29 is 9.90 Å². The van der Waals surface area contributed by atoms with Gasteiger partial charge in [0.1, 0.15) is 0 Å². The lowest BCUT2D eigenvalue weighted by molar-refractivity contribution is 0.0697. The molecule has 0 spiro atoms. The molecule has 7 heteroatoms. The van der Waals surface area contributed by atoms with Gasteiger partial charge in [-0.05, 0) is 86.6 Å². The van der Waals surface area contributed by atoms with Crippen LogP contribution in [0.4, 0.5) is 5.69 Å². The summed E-state index contributed by atoms with van der Waals surface area (Å²) in [6.45, 7) is 6.13. The molecule has 2 atom stereocenters. The van der Waals surface area contributed by atoms with Gasteiger partial charge in [-0.25, -0.2) is 4.79 Å². The molecule has 0 saturated carbocycles. The number of nitrogens with zero attached hydrogens (tertiary/aromatic N) is 3. The van der Waals surface area contributed by atoms with Crippen molar-refractivity contribution in [3.05, 3.63) is 113 Å². The molecule has 35 heavy (non-hydrogen) atoms. The molecule has 2 aromatic carbocycles. The van der Waals surface area contributed by atoms with E-state index in [4.69, 9.17) is 12.2 Å². The Labute approximate surface area is 209 Å². The van der Waals surface area contributed by atoms with E-state index in [2.05, 4.69) is 44.9 Å². The summed E-state index contributed by atoms with van der Waals surface area (Å²) < 4.78 is 2.14. The summed E-state index contributed by atoms with van der Waals surface area (Å²) in [7, 11) is 0. The summed E-state index contributed by atoms with van der Waals surface area (Å²) in [5.41, 5.74) is 7.20. The SMILES string of the molecule is Cc1ccc(C(=O)O)cc1-n1c(C)cc([C@@H]2[C@H](c3ccccn3)NC(=S)N2c2ccccc2)c1C. The van der Waals surface area contributed by atoms with E-state index >= 15 is 0 Å². The fraction of sp³-hybridized carbons (Fsp3) is 0.179. The predicted octanol–water partition coefficient (Wildman–Crippen LogP) is 5.67. The number of hydrogen-bond acceptors (Lipinski definition) is 3. The molecule has 1 aliphatic heterocycles. The molecule has 2 aromatic heterocycles. The Bertz CT molecular complexity index is 1420. The van der Waals surface area contributed by atoms with Crippen LogP contribution in [-0.4, -0.2) is 25.7 Å². The molecular weight excluding hydrogens is 456 g/mol. The summed E-state index contributed by atoms with van der Waals surface area (Å²) in [6, 6.07) is 23.2. The minimum absolute atomic E-state index is 0.136. The van der Waals surface area contributed by atoms with Crippen molar-refractivity contribution >= 4 is 29.0 Å². The molecule has 0 unspecified atom stereocenters. The number of para-hydroxylation sites is 1. The van der Waals surface area contributed by atoms with Crippen LogP contribution in [0.5, 0.6) is 0 Å². The summed E-state index contributed by atoms with van der Waals surface area (Å²) >= 11 is 5.83. The van der Waals surface area contributed by atoms with Gasteiger partial charge in [-0.1, -0.05) is 30.3 Å². The van der Waals surface area contributed by atoms with Gasteiger partial charge in [0.25, 0.3) is 0 Å². The predicted molar refractivity (Wildman–Crippen MR) is 141 cm³/mol. The van der Waals surface area contributed by atoms with Crippen molar-refractivity contribution in [1.29, 1.82) is 0 Å². The average molecular weight is 483 g/mol. The van der Waals surface area contributed by atoms with Gasteiger partial charge in [0.2, 0.25) is 0 Å². The highest BCUT2D eigenvalue weighted by Crippen LogP contribution is 2.43. The maximum absolute atomic E-state index is 11.7. The second-order valence-electron chi connectivity index (χ2n) is 8.80. The smallest absolute Gasteiger partial charge is 0.335 e. The molecule has 1 fully saturated rings. The number of rotatable bonds is 5. The number of carboxylic acid groups (broad SMARTS) is 1. The summed E-state index contributed by atoms with van der Waals surface area (Å²) in [6.07, 6.45) is 1.80. The second kappa shape index (κ2) is 9.00. The zero-order chi connectivity index (χ0) is 24.7. The van der Waals surface area contributed by atoms with Crippen molar-refractivity contribution in [2.75, 3.05) is 4.90 Å². The number of aromatic carboxylic acids is 1. The largest absolute Gasteiger partial charge is 0.478 e. The third-order valence-electron chi connectivity index (χ3n) is 6.62. The first-order valence-electron chi connectivity index (χ1n) is 11.5. The van der Waals surface area contributed by atoms with E-state index in [0.29, 0.717) is 5.11 Å². The van der Waals surface area contributed by atoms with Gasteiger partial charge in [0, 0.05) is 29.0 Å². The first kappa shape index (κ1) is 22.8. The van der Waals surface area contributed by atoms with E-state index in [1.807, 2.05) is 56.3 Å². The normalized spacial score (nSPS) is 17.5. The fourth-order valence-corrected chi connectivity index (χ4v) is 5.32. The van der Waals surface area contributed by atoms with Gasteiger partial charge in [0.05, 0.1) is 23.3 Å². The maximum Gasteiger partial charge on any atom is 0.335 e. The first-order chi connectivity index (χ1) is 16.9. The number of carbonyl (C=O) groups is 1. The number of nitrogens with one attached hydrogen (secondary N) is 1. The van der Waals surface area contributed by atoms with E-state index in [-0.39, 0.29) is 17.6 Å². The van der Waals surface area contributed by atoms with Crippen LogP contribution in [-0.2, 0) is 0 Å². The molecule has 3 heterocycles. The number of aromatic nitrogens is 2. The minimum atomic E-state index is -0.940. The summed E-state index contributed by atoms with van der Waals surface area (Å²) in [5, 5.41) is 13.7. The number of benzene rings is 2. The van der Waals surface area contributed by atoms with Gasteiger partial charge in [-0.3, -0.25) is 4.98 Å². The highest BCUT2D eigenvalue weighted by atomic mass is 32.1. The number of aryl methyl sites for hydroxylation is 2. The molecule has 0 radical (unpaired) electrons. The Morgan fingerprint density at radius 2 is 1.74 bits per heavy atom. The Morgan fingerprint density at radius 3 is 2.43 bits per heavy atom. The van der Waals surface area contributed by atoms with Crippen LogP contribution in [0.15, 0.2) is 79.0 Å². The van der Waals surface area contributed by atoms with Gasteiger partial charge >= 0.3 is 5.97 Å². The lowest BCUT2D eigenvalue weighted by Crippen LogP contribution is -2.29. The maximum atomic E-state index is 11.7. The van der Waals surface area contributed by atoms with Crippen LogP contribution < -0.4 is 10.2 Å². The van der Waals surface area contributed by atoms with E-state index < -0.39 is 5.97 Å². The molecule has 1 saturated heterocycles. The Hall–Kier alpha value is -3.97. The van der Waals surface area contributed by atoms with E-state index in [0.717, 1.165) is 39.6 Å². The third kappa shape index (κ3) is 3.98. The fourth-order valence-electron chi connectivity index (χ4n) is 4.98. The summed E-state index contributed by atoms with van der Waals surface area (Å²) in [4.78, 5) is 18.5. The van der Waals surface area contributed by atoms with Gasteiger partial charge in [-0.15, -0.1) is 0 Å². The first-order valence-corrected chi connectivity index (χ1v) is 11.9. The van der Waals surface area contributed by atoms with Crippen molar-refractivity contribution in [1.82, 2.24) is 14.9 Å². The van der Waals surface area contributed by atoms with Gasteiger partial charge in [0.15, 0.2) is 5.11 Å². The molecule has 176 valence electrons. The molecule has 2 N–H and O–H groups in total. The Morgan fingerprint density at radius 1 is 1.00 bits per heavy atom. The molecule has 6 nitrogen and oxygen atoms in total. The van der Waals surface area contributed by atoms with Crippen LogP contribution in [0.25, 0.3) is 5.69 Å². The van der Waals surface area contributed by atoms with Crippen molar-refractivity contribution in [3.8, 4) is 5.69 Å². The zero-order valence-corrected chi connectivity index (χ0v) is 20.6. The lowest BCUT2D eigenvalue weighted by atomic mass is 9.96. The van der Waals surface area contributed by atoms with Crippen molar-refractivity contribution in [2.45, 2.75) is 32.9 Å². The third-order valence-corrected chi connectivity index (χ3v) is 6.93.